The summed E-state index contributed by atoms with van der Waals surface area (Å²) in [7, 11) is 3.37. The van der Waals surface area contributed by atoms with Gasteiger partial charge in [0.15, 0.2) is 11.5 Å². The van der Waals surface area contributed by atoms with Crippen LogP contribution in [0.4, 0.5) is 0 Å². The average Bonchev–Trinajstić information content (AvgIpc) is 3.19. The molecule has 4 rings (SSSR count). The Morgan fingerprint density at radius 3 is 2.84 bits per heavy atom. The summed E-state index contributed by atoms with van der Waals surface area (Å²) in [6.45, 7) is 2.35. The quantitative estimate of drug-likeness (QED) is 0.752. The molecule has 0 aromatic heterocycles. The van der Waals surface area contributed by atoms with Crippen LogP contribution in [-0.2, 0) is 0 Å². The molecule has 1 saturated carbocycles. The van der Waals surface area contributed by atoms with Crippen LogP contribution in [0.3, 0.4) is 0 Å². The van der Waals surface area contributed by atoms with E-state index in [1.54, 1.807) is 14.2 Å². The monoisotopic (exact) mass is 381 g/mol. The summed E-state index contributed by atoms with van der Waals surface area (Å²) in [6.07, 6.45) is 2.77. The van der Waals surface area contributed by atoms with Gasteiger partial charge < -0.3 is 9.47 Å². The number of hydrogen-bond donors (Lipinski definition) is 2. The maximum atomic E-state index is 5.44. The number of thioether (sulfide) groups is 2. The molecule has 3 fully saturated rings. The van der Waals surface area contributed by atoms with Crippen LogP contribution in [0.15, 0.2) is 18.2 Å². The van der Waals surface area contributed by atoms with Crippen LogP contribution in [-0.4, -0.2) is 61.3 Å². The first kappa shape index (κ1) is 17.8. The van der Waals surface area contributed by atoms with E-state index in [0.717, 1.165) is 35.6 Å². The van der Waals surface area contributed by atoms with E-state index in [1.165, 1.54) is 24.9 Å². The smallest absolute Gasteiger partial charge is 0.161 e. The number of rotatable bonds is 7. The molecule has 138 valence electrons. The topological polar surface area (TPSA) is 45.8 Å². The van der Waals surface area contributed by atoms with Crippen LogP contribution >= 0.6 is 23.5 Å². The second kappa shape index (κ2) is 7.96. The lowest BCUT2D eigenvalue weighted by atomic mass is 10.2. The molecule has 0 amide bonds. The van der Waals surface area contributed by atoms with Crippen LogP contribution in [0.2, 0.25) is 0 Å². The van der Waals surface area contributed by atoms with Crippen molar-refractivity contribution in [3.63, 3.8) is 0 Å². The van der Waals surface area contributed by atoms with Crippen molar-refractivity contribution in [3.05, 3.63) is 23.8 Å². The third-order valence-electron chi connectivity index (χ3n) is 5.02. The van der Waals surface area contributed by atoms with Gasteiger partial charge >= 0.3 is 0 Å². The van der Waals surface area contributed by atoms with Gasteiger partial charge in [-0.05, 0) is 30.5 Å². The van der Waals surface area contributed by atoms with E-state index in [4.69, 9.17) is 9.47 Å². The van der Waals surface area contributed by atoms with Crippen LogP contribution in [0.5, 0.6) is 11.5 Å². The molecule has 5 nitrogen and oxygen atoms in total. The lowest BCUT2D eigenvalue weighted by molar-refractivity contribution is 0.300. The number of methoxy groups -OCH3 is 2. The Bertz CT molecular complexity index is 600. The predicted molar refractivity (Wildman–Crippen MR) is 106 cm³/mol. The minimum absolute atomic E-state index is 0.335. The first-order valence-electron chi connectivity index (χ1n) is 8.99. The molecule has 2 aliphatic heterocycles. The third-order valence-corrected chi connectivity index (χ3v) is 7.71. The van der Waals surface area contributed by atoms with Gasteiger partial charge in [-0.1, -0.05) is 6.07 Å². The van der Waals surface area contributed by atoms with E-state index in [0.29, 0.717) is 16.9 Å². The molecular formula is C18H27N3O2S2. The molecule has 2 saturated heterocycles. The van der Waals surface area contributed by atoms with Gasteiger partial charge in [-0.15, -0.1) is 23.5 Å². The van der Waals surface area contributed by atoms with Crippen LogP contribution in [0.1, 0.15) is 23.8 Å². The van der Waals surface area contributed by atoms with Gasteiger partial charge in [-0.2, -0.15) is 0 Å². The summed E-state index contributed by atoms with van der Waals surface area (Å²) in [5.41, 5.74) is 1.77. The highest BCUT2D eigenvalue weighted by atomic mass is 32.2. The van der Waals surface area contributed by atoms with Crippen molar-refractivity contribution in [2.75, 3.05) is 38.8 Å². The highest BCUT2D eigenvalue weighted by Crippen LogP contribution is 2.39. The number of nitrogens with one attached hydrogen (secondary N) is 2. The highest BCUT2D eigenvalue weighted by Gasteiger charge is 2.37. The molecule has 2 N–H and O–H groups in total. The highest BCUT2D eigenvalue weighted by molar-refractivity contribution is 8.00. The molecule has 3 aliphatic rings. The van der Waals surface area contributed by atoms with Gasteiger partial charge in [0.1, 0.15) is 5.50 Å². The minimum Gasteiger partial charge on any atom is -0.493 e. The fourth-order valence-corrected chi connectivity index (χ4v) is 6.27. The van der Waals surface area contributed by atoms with Gasteiger partial charge in [0.25, 0.3) is 0 Å². The lowest BCUT2D eigenvalue weighted by Gasteiger charge is -2.24. The zero-order chi connectivity index (χ0) is 17.2. The number of ether oxygens (including phenoxy) is 2. The van der Waals surface area contributed by atoms with Gasteiger partial charge in [-0.3, -0.25) is 15.5 Å². The van der Waals surface area contributed by atoms with Crippen molar-refractivity contribution >= 4 is 23.5 Å². The summed E-state index contributed by atoms with van der Waals surface area (Å²) in [4.78, 5) is 2.65. The Hall–Kier alpha value is -0.600. The van der Waals surface area contributed by atoms with Crippen molar-refractivity contribution in [1.82, 2.24) is 15.5 Å². The lowest BCUT2D eigenvalue weighted by Crippen LogP contribution is -2.37. The van der Waals surface area contributed by atoms with Crippen molar-refractivity contribution in [2.24, 2.45) is 0 Å². The van der Waals surface area contributed by atoms with Crippen molar-refractivity contribution in [2.45, 2.75) is 35.8 Å². The third kappa shape index (κ3) is 4.06. The zero-order valence-corrected chi connectivity index (χ0v) is 16.5. The van der Waals surface area contributed by atoms with Crippen LogP contribution in [0.25, 0.3) is 0 Å². The Kier molecular flexibility index (Phi) is 5.67. The summed E-state index contributed by atoms with van der Waals surface area (Å²) in [6, 6.07) is 7.62. The van der Waals surface area contributed by atoms with E-state index >= 15 is 0 Å². The van der Waals surface area contributed by atoms with Crippen molar-refractivity contribution < 1.29 is 9.47 Å². The molecule has 3 unspecified atom stereocenters. The van der Waals surface area contributed by atoms with E-state index < -0.39 is 0 Å². The van der Waals surface area contributed by atoms with Crippen LogP contribution in [0, 0.1) is 0 Å². The Balaban J connectivity index is 1.31. The summed E-state index contributed by atoms with van der Waals surface area (Å²) < 4.78 is 10.8. The second-order valence-corrected chi connectivity index (χ2v) is 9.05. The first-order valence-corrected chi connectivity index (χ1v) is 11.1. The van der Waals surface area contributed by atoms with Gasteiger partial charge in [0.05, 0.1) is 19.6 Å². The molecule has 1 aromatic rings. The summed E-state index contributed by atoms with van der Waals surface area (Å²) >= 11 is 4.05. The minimum atomic E-state index is 0.335. The first-order chi connectivity index (χ1) is 12.3. The zero-order valence-electron chi connectivity index (χ0n) is 14.9. The van der Waals surface area contributed by atoms with Gasteiger partial charge in [-0.25, -0.2) is 0 Å². The Morgan fingerprint density at radius 1 is 1.24 bits per heavy atom. The van der Waals surface area contributed by atoms with Gasteiger partial charge in [0.2, 0.25) is 0 Å². The van der Waals surface area contributed by atoms with Crippen molar-refractivity contribution in [3.8, 4) is 11.5 Å². The standard InChI is InChI=1S/C18H27N3O2S2/c1-22-15-6-3-12(9-16(15)23-2)17-20-13(10-24-17)11-25-18-19-7-8-21(18)14-4-5-14/h3,6,9,13-14,17-20H,4-5,7-8,10-11H2,1-2H3. The Morgan fingerprint density at radius 2 is 2.08 bits per heavy atom. The van der Waals surface area contributed by atoms with Crippen LogP contribution < -0.4 is 20.1 Å². The maximum absolute atomic E-state index is 5.44. The van der Waals surface area contributed by atoms with E-state index in [9.17, 15) is 0 Å². The maximum Gasteiger partial charge on any atom is 0.161 e. The Labute approximate surface area is 158 Å². The fourth-order valence-electron chi connectivity index (χ4n) is 3.52. The number of hydrogen-bond acceptors (Lipinski definition) is 7. The fraction of sp³-hybridized carbons (Fsp3) is 0.667. The molecule has 0 radical (unpaired) electrons. The molecule has 0 bridgehead atoms. The SMILES string of the molecule is COc1ccc(C2NC(CSC3NCCN3C3CC3)CS2)cc1OC. The van der Waals surface area contributed by atoms with E-state index in [2.05, 4.69) is 39.4 Å². The second-order valence-electron chi connectivity index (χ2n) is 6.80. The molecule has 0 spiro atoms. The number of benzene rings is 1. The normalized spacial score (nSPS) is 29.9. The molecular weight excluding hydrogens is 354 g/mol. The number of nitrogens with zero attached hydrogens (tertiary/aromatic N) is 1. The average molecular weight is 382 g/mol. The predicted octanol–water partition coefficient (Wildman–Crippen LogP) is 2.49. The van der Waals surface area contributed by atoms with E-state index in [-0.39, 0.29) is 0 Å². The van der Waals surface area contributed by atoms with Gasteiger partial charge in [0, 0.05) is 36.7 Å². The van der Waals surface area contributed by atoms with Crippen molar-refractivity contribution in [1.29, 1.82) is 0 Å². The molecule has 2 heterocycles. The van der Waals surface area contributed by atoms with E-state index in [1.807, 2.05) is 17.8 Å². The summed E-state index contributed by atoms with van der Waals surface area (Å²) in [5.74, 6) is 3.89. The summed E-state index contributed by atoms with van der Waals surface area (Å²) in [5, 5.41) is 7.76. The molecule has 7 heteroatoms. The molecule has 3 atom stereocenters. The largest absolute Gasteiger partial charge is 0.493 e. The molecule has 1 aromatic carbocycles. The molecule has 1 aliphatic carbocycles. The molecule has 25 heavy (non-hydrogen) atoms.